The first kappa shape index (κ1) is 21.1. The molecule has 0 atom stereocenters. The molecule has 0 unspecified atom stereocenters. The van der Waals surface area contributed by atoms with E-state index in [0.717, 1.165) is 22.3 Å². The van der Waals surface area contributed by atoms with Crippen LogP contribution in [0.3, 0.4) is 0 Å². The summed E-state index contributed by atoms with van der Waals surface area (Å²) < 4.78 is 12.7. The lowest BCUT2D eigenvalue weighted by molar-refractivity contribution is 0.0302. The summed E-state index contributed by atoms with van der Waals surface area (Å²) >= 11 is 0. The monoisotopic (exact) mass is 421 g/mol. The molecule has 1 amide bonds. The Morgan fingerprint density at radius 1 is 1.32 bits per heavy atom. The molecule has 1 saturated heterocycles. The number of ether oxygens (including phenoxy) is 2. The van der Waals surface area contributed by atoms with Crippen molar-refractivity contribution in [3.8, 4) is 17.0 Å². The average Bonchev–Trinajstić information content (AvgIpc) is 3.20. The summed E-state index contributed by atoms with van der Waals surface area (Å²) in [5.41, 5.74) is 4.75. The van der Waals surface area contributed by atoms with Gasteiger partial charge in [0, 0.05) is 43.2 Å². The highest BCUT2D eigenvalue weighted by atomic mass is 16.5. The van der Waals surface area contributed by atoms with Crippen LogP contribution >= 0.6 is 0 Å². The van der Waals surface area contributed by atoms with E-state index in [4.69, 9.17) is 9.47 Å². The Labute approximate surface area is 181 Å². The van der Waals surface area contributed by atoms with E-state index in [-0.39, 0.29) is 11.5 Å². The lowest BCUT2D eigenvalue weighted by Gasteiger charge is -2.27. The van der Waals surface area contributed by atoms with Gasteiger partial charge in [-0.1, -0.05) is 23.8 Å². The molecule has 0 aromatic carbocycles. The van der Waals surface area contributed by atoms with Gasteiger partial charge in [0.15, 0.2) is 0 Å². The zero-order valence-corrected chi connectivity index (χ0v) is 18.2. The first-order chi connectivity index (χ1) is 15.0. The van der Waals surface area contributed by atoms with Crippen molar-refractivity contribution in [3.05, 3.63) is 63.2 Å². The molecule has 3 heterocycles. The number of amides is 1. The number of aromatic nitrogens is 2. The topological polar surface area (TPSA) is 73.7 Å². The largest absolute Gasteiger partial charge is 0.494 e. The van der Waals surface area contributed by atoms with Gasteiger partial charge in [-0.05, 0) is 31.9 Å². The predicted molar refractivity (Wildman–Crippen MR) is 119 cm³/mol. The summed E-state index contributed by atoms with van der Waals surface area (Å²) in [6.07, 6.45) is 9.97. The summed E-state index contributed by atoms with van der Waals surface area (Å²) in [7, 11) is 1.57. The molecule has 162 valence electrons. The minimum Gasteiger partial charge on any atom is -0.494 e. The van der Waals surface area contributed by atoms with E-state index < -0.39 is 0 Å². The van der Waals surface area contributed by atoms with Crippen molar-refractivity contribution in [2.45, 2.75) is 26.8 Å². The molecule has 7 nitrogen and oxygen atoms in total. The van der Waals surface area contributed by atoms with Crippen LogP contribution in [0.2, 0.25) is 0 Å². The number of carbonyl (C=O) groups is 1. The molecule has 7 heteroatoms. The summed E-state index contributed by atoms with van der Waals surface area (Å²) in [4.78, 5) is 32.2. The first-order valence-electron chi connectivity index (χ1n) is 10.5. The number of methoxy groups -OCH3 is 1. The van der Waals surface area contributed by atoms with Crippen molar-refractivity contribution < 1.29 is 14.3 Å². The highest BCUT2D eigenvalue weighted by molar-refractivity contribution is 5.95. The van der Waals surface area contributed by atoms with E-state index in [1.54, 1.807) is 28.8 Å². The van der Waals surface area contributed by atoms with Gasteiger partial charge in [0.05, 0.1) is 25.9 Å². The number of rotatable bonds is 5. The molecule has 4 rings (SSSR count). The van der Waals surface area contributed by atoms with Crippen LogP contribution in [0.4, 0.5) is 0 Å². The molecule has 0 saturated carbocycles. The van der Waals surface area contributed by atoms with Crippen molar-refractivity contribution >= 4 is 12.0 Å². The highest BCUT2D eigenvalue weighted by Gasteiger charge is 2.25. The van der Waals surface area contributed by atoms with Gasteiger partial charge in [0.1, 0.15) is 11.4 Å². The molecule has 2 aliphatic rings. The fraction of sp³-hybridized carbons (Fsp3) is 0.375. The average molecular weight is 421 g/mol. The van der Waals surface area contributed by atoms with Gasteiger partial charge in [0.25, 0.3) is 11.5 Å². The standard InChI is InChI=1S/C24H27N3O4/c1-4-5-6-27-15-20(18-11-16(2)12-19(18)24(27)29)22-21(30-3)13-17(14-25-22)23(28)26-7-9-31-10-8-26/h4-5,11,13-15H,6-10,12H2,1-3H3/b5-4+. The summed E-state index contributed by atoms with van der Waals surface area (Å²) in [5.74, 6) is 0.426. The number of hydrogen-bond acceptors (Lipinski definition) is 5. The van der Waals surface area contributed by atoms with E-state index >= 15 is 0 Å². The smallest absolute Gasteiger partial charge is 0.255 e. The second kappa shape index (κ2) is 8.89. The van der Waals surface area contributed by atoms with Crippen molar-refractivity contribution in [2.75, 3.05) is 33.4 Å². The van der Waals surface area contributed by atoms with E-state index in [1.807, 2.05) is 38.3 Å². The van der Waals surface area contributed by atoms with Crippen molar-refractivity contribution in [2.24, 2.45) is 0 Å². The normalized spacial score (nSPS) is 15.8. The molecule has 2 aromatic rings. The summed E-state index contributed by atoms with van der Waals surface area (Å²) in [6, 6.07) is 1.74. The van der Waals surface area contributed by atoms with Gasteiger partial charge in [-0.3, -0.25) is 14.6 Å². The number of fused-ring (bicyclic) bond motifs is 1. The van der Waals surface area contributed by atoms with E-state index in [9.17, 15) is 9.59 Å². The third-order valence-electron chi connectivity index (χ3n) is 5.68. The molecule has 1 fully saturated rings. The molecule has 31 heavy (non-hydrogen) atoms. The summed E-state index contributed by atoms with van der Waals surface area (Å²) in [5, 5.41) is 0. The number of allylic oxidation sites excluding steroid dienone is 3. The molecule has 1 aliphatic carbocycles. The fourth-order valence-electron chi connectivity index (χ4n) is 4.06. The number of morpholine rings is 1. The third kappa shape index (κ3) is 4.05. The van der Waals surface area contributed by atoms with Gasteiger partial charge in [0.2, 0.25) is 0 Å². The molecule has 0 spiro atoms. The molecule has 0 radical (unpaired) electrons. The highest BCUT2D eigenvalue weighted by Crippen LogP contribution is 2.36. The van der Waals surface area contributed by atoms with Crippen LogP contribution in [0.5, 0.6) is 5.75 Å². The molecule has 0 N–H and O–H groups in total. The molecular weight excluding hydrogens is 394 g/mol. The van der Waals surface area contributed by atoms with Gasteiger partial charge in [-0.15, -0.1) is 0 Å². The molecule has 0 bridgehead atoms. The van der Waals surface area contributed by atoms with Crippen LogP contribution in [0.15, 0.2) is 41.0 Å². The Balaban J connectivity index is 1.79. The zero-order chi connectivity index (χ0) is 22.0. The van der Waals surface area contributed by atoms with Crippen LogP contribution in [0, 0.1) is 0 Å². The lowest BCUT2D eigenvalue weighted by Crippen LogP contribution is -2.40. The maximum atomic E-state index is 13.0. The number of pyridine rings is 2. The van der Waals surface area contributed by atoms with Crippen LogP contribution < -0.4 is 10.3 Å². The molecule has 1 aliphatic heterocycles. The second-order valence-corrected chi connectivity index (χ2v) is 7.81. The van der Waals surface area contributed by atoms with Gasteiger partial charge < -0.3 is 18.9 Å². The van der Waals surface area contributed by atoms with E-state index in [1.165, 1.54) is 0 Å². The zero-order valence-electron chi connectivity index (χ0n) is 18.2. The SMILES string of the molecule is C/C=C/Cn1cc(-c2ncc(C(=O)N3CCOCC3)cc2OC)c2c(c1=O)CC(C)=C2. The fourth-order valence-corrected chi connectivity index (χ4v) is 4.06. The van der Waals surface area contributed by atoms with Crippen molar-refractivity contribution in [3.63, 3.8) is 0 Å². The lowest BCUT2D eigenvalue weighted by atomic mass is 10.0. The van der Waals surface area contributed by atoms with Crippen molar-refractivity contribution in [1.82, 2.24) is 14.5 Å². The first-order valence-corrected chi connectivity index (χ1v) is 10.5. The molecule has 2 aromatic heterocycles. The Bertz CT molecular complexity index is 1120. The number of nitrogens with zero attached hydrogens (tertiary/aromatic N) is 3. The Hall–Kier alpha value is -3.19. The quantitative estimate of drug-likeness (QED) is 0.694. The van der Waals surface area contributed by atoms with Crippen LogP contribution in [0.1, 0.15) is 35.3 Å². The van der Waals surface area contributed by atoms with Crippen LogP contribution in [0.25, 0.3) is 17.3 Å². The van der Waals surface area contributed by atoms with Crippen LogP contribution in [-0.2, 0) is 17.7 Å². The van der Waals surface area contributed by atoms with E-state index in [2.05, 4.69) is 4.98 Å². The third-order valence-corrected chi connectivity index (χ3v) is 5.68. The number of hydrogen-bond donors (Lipinski definition) is 0. The van der Waals surface area contributed by atoms with Gasteiger partial charge in [-0.2, -0.15) is 0 Å². The molecular formula is C24H27N3O4. The Kier molecular flexibility index (Phi) is 6.04. The predicted octanol–water partition coefficient (Wildman–Crippen LogP) is 2.93. The summed E-state index contributed by atoms with van der Waals surface area (Å²) in [6.45, 7) is 6.66. The Morgan fingerprint density at radius 3 is 2.81 bits per heavy atom. The minimum absolute atomic E-state index is 0.0167. The second-order valence-electron chi connectivity index (χ2n) is 7.81. The van der Waals surface area contributed by atoms with Gasteiger partial charge >= 0.3 is 0 Å². The van der Waals surface area contributed by atoms with Gasteiger partial charge in [-0.25, -0.2) is 0 Å². The Morgan fingerprint density at radius 2 is 2.10 bits per heavy atom. The van der Waals surface area contributed by atoms with E-state index in [0.29, 0.717) is 56.3 Å². The minimum atomic E-state index is -0.0836. The van der Waals surface area contributed by atoms with Crippen LogP contribution in [-0.4, -0.2) is 53.8 Å². The maximum absolute atomic E-state index is 13.0. The number of carbonyl (C=O) groups excluding carboxylic acids is 1. The maximum Gasteiger partial charge on any atom is 0.255 e. The van der Waals surface area contributed by atoms with Crippen molar-refractivity contribution in [1.29, 1.82) is 0 Å².